The van der Waals surface area contributed by atoms with E-state index >= 15 is 0 Å². The van der Waals surface area contributed by atoms with Gasteiger partial charge in [-0.3, -0.25) is 0 Å². The molecule has 2 saturated heterocycles. The second kappa shape index (κ2) is 5.51. The molecular weight excluding hydrogens is 281 g/mol. The largest absolute Gasteiger partial charge is 0.490 e. The van der Waals surface area contributed by atoms with Gasteiger partial charge in [-0.05, 0) is 44.9 Å². The topological polar surface area (TPSA) is 12.5 Å². The van der Waals surface area contributed by atoms with E-state index in [0.29, 0.717) is 28.2 Å². The SMILES string of the molecule is CN1[C@@H]2CCC[C@H]1C[C@@H](Oc1ccc(Cl)c(Cl)c1)C2. The van der Waals surface area contributed by atoms with Crippen LogP contribution < -0.4 is 4.74 Å². The Kier molecular flexibility index (Phi) is 3.93. The fourth-order valence-corrected chi connectivity index (χ4v) is 3.69. The van der Waals surface area contributed by atoms with E-state index < -0.39 is 0 Å². The maximum Gasteiger partial charge on any atom is 0.121 e. The predicted octanol–water partition coefficient (Wildman–Crippen LogP) is 4.39. The molecule has 1 aromatic rings. The molecule has 3 atom stereocenters. The lowest BCUT2D eigenvalue weighted by Gasteiger charge is -2.46. The van der Waals surface area contributed by atoms with E-state index in [4.69, 9.17) is 27.9 Å². The molecule has 19 heavy (non-hydrogen) atoms. The molecule has 0 saturated carbocycles. The Labute approximate surface area is 124 Å². The Morgan fingerprint density at radius 2 is 1.79 bits per heavy atom. The van der Waals surface area contributed by atoms with E-state index in [9.17, 15) is 0 Å². The summed E-state index contributed by atoms with van der Waals surface area (Å²) in [5.74, 6) is 0.835. The first-order valence-corrected chi connectivity index (χ1v) is 7.72. The molecule has 0 N–H and O–H groups in total. The normalized spacial score (nSPS) is 31.2. The summed E-state index contributed by atoms with van der Waals surface area (Å²) in [5.41, 5.74) is 0. The molecule has 2 nitrogen and oxygen atoms in total. The monoisotopic (exact) mass is 299 g/mol. The maximum atomic E-state index is 6.11. The number of benzene rings is 1. The lowest BCUT2D eigenvalue weighted by Crippen LogP contribution is -2.52. The Hall–Kier alpha value is -0.440. The Bertz CT molecular complexity index is 451. The zero-order chi connectivity index (χ0) is 13.4. The second-order valence-corrected chi connectivity index (χ2v) is 6.51. The summed E-state index contributed by atoms with van der Waals surface area (Å²) in [6.07, 6.45) is 6.51. The molecule has 3 rings (SSSR count). The minimum atomic E-state index is 0.309. The third-order valence-corrected chi connectivity index (χ3v) is 5.23. The quantitative estimate of drug-likeness (QED) is 0.803. The van der Waals surface area contributed by atoms with Gasteiger partial charge < -0.3 is 9.64 Å². The summed E-state index contributed by atoms with van der Waals surface area (Å²) in [4.78, 5) is 2.54. The molecule has 2 heterocycles. The fraction of sp³-hybridized carbons (Fsp3) is 0.600. The Morgan fingerprint density at radius 3 is 2.42 bits per heavy atom. The van der Waals surface area contributed by atoms with Crippen molar-refractivity contribution in [3.05, 3.63) is 28.2 Å². The van der Waals surface area contributed by atoms with Gasteiger partial charge in [0.2, 0.25) is 0 Å². The highest BCUT2D eigenvalue weighted by atomic mass is 35.5. The standard InChI is InChI=1S/C15H19Cl2NO/c1-18-10-3-2-4-11(18)8-13(7-10)19-12-5-6-14(16)15(17)9-12/h5-6,9-11,13H,2-4,7-8H2,1H3/t10-,11+,13+. The van der Waals surface area contributed by atoms with Crippen molar-refractivity contribution in [2.24, 2.45) is 0 Å². The first kappa shape index (κ1) is 13.5. The molecule has 2 aliphatic heterocycles. The molecule has 0 unspecified atom stereocenters. The van der Waals surface area contributed by atoms with Crippen molar-refractivity contribution in [2.75, 3.05) is 7.05 Å². The van der Waals surface area contributed by atoms with Gasteiger partial charge >= 0.3 is 0 Å². The van der Waals surface area contributed by atoms with Gasteiger partial charge in [0.1, 0.15) is 11.9 Å². The molecule has 0 spiro atoms. The molecule has 0 aliphatic carbocycles. The molecule has 4 heteroatoms. The summed E-state index contributed by atoms with van der Waals surface area (Å²) >= 11 is 12.0. The zero-order valence-electron chi connectivity index (χ0n) is 11.1. The molecule has 2 bridgehead atoms. The van der Waals surface area contributed by atoms with E-state index in [1.165, 1.54) is 19.3 Å². The van der Waals surface area contributed by atoms with E-state index in [-0.39, 0.29) is 0 Å². The van der Waals surface area contributed by atoms with E-state index in [1.54, 1.807) is 6.07 Å². The highest BCUT2D eigenvalue weighted by Gasteiger charge is 2.36. The van der Waals surface area contributed by atoms with Crippen molar-refractivity contribution in [3.8, 4) is 5.75 Å². The van der Waals surface area contributed by atoms with Crippen molar-refractivity contribution in [1.82, 2.24) is 4.90 Å². The summed E-state index contributed by atoms with van der Waals surface area (Å²) in [6.45, 7) is 0. The number of nitrogens with zero attached hydrogens (tertiary/aromatic N) is 1. The van der Waals surface area contributed by atoms with Gasteiger partial charge in [0.25, 0.3) is 0 Å². The number of hydrogen-bond acceptors (Lipinski definition) is 2. The number of rotatable bonds is 2. The first-order chi connectivity index (χ1) is 9.13. The first-order valence-electron chi connectivity index (χ1n) is 6.97. The average molecular weight is 300 g/mol. The number of fused-ring (bicyclic) bond motifs is 2. The average Bonchev–Trinajstić information content (AvgIpc) is 2.35. The smallest absolute Gasteiger partial charge is 0.121 e. The van der Waals surface area contributed by atoms with Crippen LogP contribution in [0.2, 0.25) is 10.0 Å². The fourth-order valence-electron chi connectivity index (χ4n) is 3.40. The van der Waals surface area contributed by atoms with Crippen LogP contribution in [0.5, 0.6) is 5.75 Å². The van der Waals surface area contributed by atoms with Crippen LogP contribution >= 0.6 is 23.2 Å². The summed E-state index contributed by atoms with van der Waals surface area (Å²) in [7, 11) is 2.25. The summed E-state index contributed by atoms with van der Waals surface area (Å²) in [5, 5.41) is 1.14. The number of ether oxygens (including phenoxy) is 1. The lowest BCUT2D eigenvalue weighted by molar-refractivity contribution is 0.000146. The van der Waals surface area contributed by atoms with Crippen LogP contribution in [0.1, 0.15) is 32.1 Å². The number of halogens is 2. The summed E-state index contributed by atoms with van der Waals surface area (Å²) < 4.78 is 6.11. The van der Waals surface area contributed by atoms with Crippen LogP contribution in [0.3, 0.4) is 0 Å². The highest BCUT2D eigenvalue weighted by molar-refractivity contribution is 6.42. The molecule has 1 aromatic carbocycles. The molecular formula is C15H19Cl2NO. The molecule has 0 amide bonds. The Balaban J connectivity index is 1.69. The van der Waals surface area contributed by atoms with Crippen LogP contribution in [0, 0.1) is 0 Å². The highest BCUT2D eigenvalue weighted by Crippen LogP contribution is 2.35. The predicted molar refractivity (Wildman–Crippen MR) is 79.3 cm³/mol. The van der Waals surface area contributed by atoms with Gasteiger partial charge in [-0.2, -0.15) is 0 Å². The second-order valence-electron chi connectivity index (χ2n) is 5.69. The van der Waals surface area contributed by atoms with Crippen molar-refractivity contribution in [3.63, 3.8) is 0 Å². The van der Waals surface area contributed by atoms with Gasteiger partial charge in [-0.15, -0.1) is 0 Å². The third kappa shape index (κ3) is 2.86. The molecule has 0 radical (unpaired) electrons. The van der Waals surface area contributed by atoms with Gasteiger partial charge in [-0.25, -0.2) is 0 Å². The number of piperidine rings is 2. The maximum absolute atomic E-state index is 6.11. The van der Waals surface area contributed by atoms with Crippen LogP contribution in [0.25, 0.3) is 0 Å². The van der Waals surface area contributed by atoms with Gasteiger partial charge in [0, 0.05) is 18.2 Å². The molecule has 104 valence electrons. The van der Waals surface area contributed by atoms with Crippen LogP contribution in [-0.4, -0.2) is 30.1 Å². The van der Waals surface area contributed by atoms with Crippen molar-refractivity contribution in [1.29, 1.82) is 0 Å². The van der Waals surface area contributed by atoms with Crippen LogP contribution in [-0.2, 0) is 0 Å². The van der Waals surface area contributed by atoms with E-state index in [0.717, 1.165) is 18.6 Å². The minimum Gasteiger partial charge on any atom is -0.490 e. The van der Waals surface area contributed by atoms with E-state index in [1.807, 2.05) is 12.1 Å². The van der Waals surface area contributed by atoms with Crippen molar-refractivity contribution >= 4 is 23.2 Å². The molecule has 0 aromatic heterocycles. The summed E-state index contributed by atoms with van der Waals surface area (Å²) in [6, 6.07) is 6.88. The Morgan fingerprint density at radius 1 is 1.11 bits per heavy atom. The minimum absolute atomic E-state index is 0.309. The van der Waals surface area contributed by atoms with Crippen molar-refractivity contribution < 1.29 is 4.74 Å². The van der Waals surface area contributed by atoms with Crippen LogP contribution in [0.4, 0.5) is 0 Å². The lowest BCUT2D eigenvalue weighted by atomic mass is 9.83. The third-order valence-electron chi connectivity index (χ3n) is 4.49. The van der Waals surface area contributed by atoms with Gasteiger partial charge in [0.15, 0.2) is 0 Å². The number of hydrogen-bond donors (Lipinski definition) is 0. The molecule has 2 fully saturated rings. The van der Waals surface area contributed by atoms with Gasteiger partial charge in [-0.1, -0.05) is 29.6 Å². The van der Waals surface area contributed by atoms with Gasteiger partial charge in [0.05, 0.1) is 10.0 Å². The van der Waals surface area contributed by atoms with Crippen molar-refractivity contribution in [2.45, 2.75) is 50.3 Å². The van der Waals surface area contributed by atoms with Crippen LogP contribution in [0.15, 0.2) is 18.2 Å². The zero-order valence-corrected chi connectivity index (χ0v) is 12.6. The molecule has 2 aliphatic rings. The van der Waals surface area contributed by atoms with E-state index in [2.05, 4.69) is 11.9 Å².